The van der Waals surface area contributed by atoms with Gasteiger partial charge in [0.15, 0.2) is 0 Å². The van der Waals surface area contributed by atoms with E-state index >= 15 is 0 Å². The van der Waals surface area contributed by atoms with Gasteiger partial charge < -0.3 is 9.47 Å². The number of benzene rings is 3. The minimum absolute atomic E-state index is 0.0500. The molecule has 0 heterocycles. The number of hydrogen-bond donors (Lipinski definition) is 0. The van der Waals surface area contributed by atoms with Gasteiger partial charge in [0.05, 0.1) is 0 Å². The lowest BCUT2D eigenvalue weighted by Gasteiger charge is -2.29. The third kappa shape index (κ3) is 6.51. The van der Waals surface area contributed by atoms with Crippen LogP contribution in [0.5, 0.6) is 17.2 Å². The van der Waals surface area contributed by atoms with Crippen LogP contribution in [0, 0.1) is 5.82 Å². The van der Waals surface area contributed by atoms with Crippen LogP contribution >= 0.6 is 0 Å². The van der Waals surface area contributed by atoms with Crippen LogP contribution in [0.3, 0.4) is 0 Å². The van der Waals surface area contributed by atoms with Gasteiger partial charge in [0, 0.05) is 0 Å². The van der Waals surface area contributed by atoms with Crippen LogP contribution in [0.4, 0.5) is 13.2 Å². The molecule has 164 valence electrons. The van der Waals surface area contributed by atoms with Crippen LogP contribution in [-0.2, 0) is 11.8 Å². The first-order chi connectivity index (χ1) is 14.9. The Hall–Kier alpha value is -2.95. The molecule has 3 aromatic rings. The number of ether oxygens (including phenoxy) is 2. The Labute approximate surface area is 181 Å². The normalized spacial score (nSPS) is 13.1. The maximum absolute atomic E-state index is 13.1. The highest BCUT2D eigenvalue weighted by molar-refractivity contribution is 5.35. The molecule has 5 heteroatoms. The highest BCUT2D eigenvalue weighted by atomic mass is 19.3. The van der Waals surface area contributed by atoms with Gasteiger partial charge in [0.1, 0.15) is 23.1 Å². The summed E-state index contributed by atoms with van der Waals surface area (Å²) in [5, 5.41) is 0. The summed E-state index contributed by atoms with van der Waals surface area (Å²) in [4.78, 5) is 0. The van der Waals surface area contributed by atoms with Crippen molar-refractivity contribution in [2.75, 3.05) is 0 Å². The lowest BCUT2D eigenvalue weighted by Crippen LogP contribution is -2.21. The second-order valence-electron chi connectivity index (χ2n) is 7.87. The topological polar surface area (TPSA) is 18.5 Å². The van der Waals surface area contributed by atoms with Crippen LogP contribution < -0.4 is 9.47 Å². The summed E-state index contributed by atoms with van der Waals surface area (Å²) in [5.41, 5.74) is 2.23. The Bertz CT molecular complexity index is 955. The van der Waals surface area contributed by atoms with E-state index in [0.29, 0.717) is 5.75 Å². The number of halogens is 3. The molecule has 31 heavy (non-hydrogen) atoms. The molecule has 0 spiro atoms. The molecule has 0 amide bonds. The van der Waals surface area contributed by atoms with E-state index in [1.165, 1.54) is 17.7 Å². The molecule has 0 fully saturated rings. The third-order valence-corrected chi connectivity index (χ3v) is 5.70. The zero-order valence-corrected chi connectivity index (χ0v) is 17.8. The molecular formula is C26H27F3O2. The predicted molar refractivity (Wildman–Crippen MR) is 117 cm³/mol. The molecule has 0 N–H and O–H groups in total. The van der Waals surface area contributed by atoms with Crippen LogP contribution in [0.2, 0.25) is 0 Å². The zero-order chi connectivity index (χ0) is 22.3. The molecule has 2 nitrogen and oxygen atoms in total. The largest absolute Gasteiger partial charge is 0.457 e. The Morgan fingerprint density at radius 2 is 1.55 bits per heavy atom. The summed E-state index contributed by atoms with van der Waals surface area (Å²) in [6.07, 6.45) is 3.76. The van der Waals surface area contributed by atoms with Crippen molar-refractivity contribution < 1.29 is 22.6 Å². The van der Waals surface area contributed by atoms with Crippen LogP contribution in [0.25, 0.3) is 0 Å². The Kier molecular flexibility index (Phi) is 7.61. The molecule has 0 aliphatic heterocycles. The zero-order valence-electron chi connectivity index (χ0n) is 17.8. The molecule has 0 saturated carbocycles. The van der Waals surface area contributed by atoms with Crippen molar-refractivity contribution in [1.82, 2.24) is 0 Å². The average Bonchev–Trinajstić information content (AvgIpc) is 2.75. The monoisotopic (exact) mass is 428 g/mol. The predicted octanol–water partition coefficient (Wildman–Crippen LogP) is 7.91. The van der Waals surface area contributed by atoms with Gasteiger partial charge in [0.25, 0.3) is 0 Å². The van der Waals surface area contributed by atoms with Crippen LogP contribution in [0.15, 0.2) is 72.8 Å². The Balaban J connectivity index is 1.59. The first-order valence-electron chi connectivity index (χ1n) is 10.5. The smallest absolute Gasteiger partial charge is 0.387 e. The molecule has 0 radical (unpaired) electrons. The van der Waals surface area contributed by atoms with Gasteiger partial charge in [-0.15, -0.1) is 0 Å². The van der Waals surface area contributed by atoms with Gasteiger partial charge in [-0.1, -0.05) is 38.1 Å². The highest BCUT2D eigenvalue weighted by Crippen LogP contribution is 2.34. The summed E-state index contributed by atoms with van der Waals surface area (Å²) in [7, 11) is 0. The van der Waals surface area contributed by atoms with Crippen molar-refractivity contribution in [3.63, 3.8) is 0 Å². The van der Waals surface area contributed by atoms with Crippen molar-refractivity contribution in [1.29, 1.82) is 0 Å². The van der Waals surface area contributed by atoms with E-state index < -0.39 is 6.61 Å². The average molecular weight is 428 g/mol. The van der Waals surface area contributed by atoms with Gasteiger partial charge in [-0.05, 0) is 90.8 Å². The summed E-state index contributed by atoms with van der Waals surface area (Å²) in [6.45, 7) is 1.52. The Morgan fingerprint density at radius 3 is 2.19 bits per heavy atom. The van der Waals surface area contributed by atoms with Crippen LogP contribution in [-0.4, -0.2) is 6.61 Å². The molecular weight excluding hydrogens is 401 g/mol. The van der Waals surface area contributed by atoms with E-state index in [2.05, 4.69) is 24.7 Å². The molecule has 0 aliphatic carbocycles. The molecule has 1 unspecified atom stereocenters. The van der Waals surface area contributed by atoms with E-state index in [0.717, 1.165) is 37.0 Å². The molecule has 1 atom stereocenters. The lowest BCUT2D eigenvalue weighted by molar-refractivity contribution is -0.0498. The van der Waals surface area contributed by atoms with E-state index in [4.69, 9.17) is 4.74 Å². The van der Waals surface area contributed by atoms with Gasteiger partial charge in [-0.25, -0.2) is 4.39 Å². The van der Waals surface area contributed by atoms with Crippen molar-refractivity contribution in [2.45, 2.75) is 51.6 Å². The Morgan fingerprint density at radius 1 is 0.871 bits per heavy atom. The van der Waals surface area contributed by atoms with Gasteiger partial charge in [-0.2, -0.15) is 8.78 Å². The van der Waals surface area contributed by atoms with Crippen molar-refractivity contribution in [3.05, 3.63) is 89.7 Å². The molecule has 0 bridgehead atoms. The van der Waals surface area contributed by atoms with Gasteiger partial charge >= 0.3 is 6.61 Å². The second-order valence-corrected chi connectivity index (χ2v) is 7.87. The van der Waals surface area contributed by atoms with Gasteiger partial charge in [0.2, 0.25) is 0 Å². The third-order valence-electron chi connectivity index (χ3n) is 5.70. The second kappa shape index (κ2) is 10.4. The first-order valence-corrected chi connectivity index (χ1v) is 10.5. The number of rotatable bonds is 10. The highest BCUT2D eigenvalue weighted by Gasteiger charge is 2.24. The van der Waals surface area contributed by atoms with Crippen molar-refractivity contribution in [3.8, 4) is 17.2 Å². The maximum Gasteiger partial charge on any atom is 0.387 e. The lowest BCUT2D eigenvalue weighted by atomic mass is 9.76. The minimum Gasteiger partial charge on any atom is -0.457 e. The SMILES string of the molecule is CCC(C)(CCCc1cccc(Oc2ccc(F)cc2)c1)c1ccc(OC(F)F)cc1. The van der Waals surface area contributed by atoms with Crippen molar-refractivity contribution >= 4 is 0 Å². The molecule has 0 aliphatic rings. The summed E-state index contributed by atoms with van der Waals surface area (Å²) in [5.74, 6) is 1.19. The fourth-order valence-electron chi connectivity index (χ4n) is 3.65. The number of alkyl halides is 2. The van der Waals surface area contributed by atoms with E-state index in [-0.39, 0.29) is 17.0 Å². The molecule has 3 rings (SSSR count). The number of aryl methyl sites for hydroxylation is 1. The first kappa shape index (κ1) is 22.7. The van der Waals surface area contributed by atoms with E-state index in [9.17, 15) is 13.2 Å². The molecule has 0 aromatic heterocycles. The standard InChI is InChI=1S/C26H27F3O2/c1-3-26(2,20-9-13-23(14-10-20)31-25(28)29)17-5-7-19-6-4-8-24(18-19)30-22-15-11-21(27)12-16-22/h4,6,8-16,18,25H,3,5,7,17H2,1-2H3. The van der Waals surface area contributed by atoms with Crippen molar-refractivity contribution in [2.24, 2.45) is 0 Å². The molecule has 0 saturated heterocycles. The number of hydrogen-bond acceptors (Lipinski definition) is 2. The fraction of sp³-hybridized carbons (Fsp3) is 0.308. The quantitative estimate of drug-likeness (QED) is 0.327. The maximum atomic E-state index is 13.1. The summed E-state index contributed by atoms with van der Waals surface area (Å²) >= 11 is 0. The fourth-order valence-corrected chi connectivity index (χ4v) is 3.65. The van der Waals surface area contributed by atoms with E-state index in [1.54, 1.807) is 24.3 Å². The van der Waals surface area contributed by atoms with Crippen LogP contribution in [0.1, 0.15) is 44.2 Å². The van der Waals surface area contributed by atoms with Gasteiger partial charge in [-0.3, -0.25) is 0 Å². The van der Waals surface area contributed by atoms with E-state index in [1.807, 2.05) is 30.3 Å². The summed E-state index contributed by atoms with van der Waals surface area (Å²) in [6, 6.07) is 20.8. The minimum atomic E-state index is -2.81. The molecule has 3 aromatic carbocycles. The summed E-state index contributed by atoms with van der Waals surface area (Å²) < 4.78 is 48.1.